The zero-order valence-corrected chi connectivity index (χ0v) is 16.1. The maximum atomic E-state index is 12.7. The van der Waals surface area contributed by atoms with Gasteiger partial charge in [-0.2, -0.15) is 0 Å². The van der Waals surface area contributed by atoms with Gasteiger partial charge in [-0.05, 0) is 66.2 Å². The van der Waals surface area contributed by atoms with Gasteiger partial charge in [-0.3, -0.25) is 9.78 Å². The third-order valence-corrected chi connectivity index (χ3v) is 2.68. The Labute approximate surface area is 152 Å². The first-order valence-corrected chi connectivity index (χ1v) is 7.61. The predicted molar refractivity (Wildman–Crippen MR) is 96.0 cm³/mol. The van der Waals surface area contributed by atoms with E-state index < -0.39 is 12.3 Å². The Bertz CT molecular complexity index is 582. The Kier molecular flexibility index (Phi) is 9.98. The van der Waals surface area contributed by atoms with Gasteiger partial charge in [-0.1, -0.05) is 0 Å². The van der Waals surface area contributed by atoms with Gasteiger partial charge in [0.2, 0.25) is 0 Å². The molecule has 0 atom stereocenters. The lowest BCUT2D eigenvalue weighted by Crippen LogP contribution is -2.55. The van der Waals surface area contributed by atoms with Crippen molar-refractivity contribution < 1.29 is 34.8 Å². The molecule has 0 aromatic carbocycles. The molecule has 0 saturated carbocycles. The van der Waals surface area contributed by atoms with E-state index in [-0.39, 0.29) is 17.0 Å². The van der Waals surface area contributed by atoms with Gasteiger partial charge in [0.15, 0.2) is 0 Å². The maximum absolute atomic E-state index is 12.7. The van der Waals surface area contributed by atoms with Crippen LogP contribution in [0.25, 0.3) is 0 Å². The third-order valence-electron chi connectivity index (χ3n) is 2.68. The molecule has 1 aromatic heterocycles. The highest BCUT2D eigenvalue weighted by Crippen LogP contribution is 2.26. The smallest absolute Gasteiger partial charge is 0.450 e. The number of nitrogens with zero attached hydrogens (tertiary/aromatic N) is 2. The summed E-state index contributed by atoms with van der Waals surface area (Å²) in [6.07, 6.45) is -1.98. The van der Waals surface area contributed by atoms with Crippen molar-refractivity contribution >= 4 is 18.2 Å². The Hall–Kier alpha value is -2.84. The average molecular weight is 372 g/mol. The molecule has 1 aromatic rings. The molecule has 0 saturated heterocycles. The van der Waals surface area contributed by atoms with E-state index in [1.807, 2.05) is 65.5 Å². The van der Waals surface area contributed by atoms with Crippen LogP contribution in [0.4, 0.5) is 9.59 Å². The van der Waals surface area contributed by atoms with Crippen molar-refractivity contribution in [3.63, 3.8) is 0 Å². The van der Waals surface area contributed by atoms with Crippen LogP contribution in [0.2, 0.25) is 0 Å². The van der Waals surface area contributed by atoms with Crippen LogP contribution >= 0.6 is 0 Å². The van der Waals surface area contributed by atoms with Gasteiger partial charge in [0.1, 0.15) is 5.69 Å². The van der Waals surface area contributed by atoms with Gasteiger partial charge < -0.3 is 25.3 Å². The van der Waals surface area contributed by atoms with E-state index in [1.165, 1.54) is 0 Å². The molecule has 26 heavy (non-hydrogen) atoms. The molecule has 0 bridgehead atoms. The van der Waals surface area contributed by atoms with Gasteiger partial charge in [0.25, 0.3) is 5.91 Å². The Morgan fingerprint density at radius 1 is 0.885 bits per heavy atom. The van der Waals surface area contributed by atoms with Crippen molar-refractivity contribution in [2.75, 3.05) is 0 Å². The second kappa shape index (κ2) is 10.2. The summed E-state index contributed by atoms with van der Waals surface area (Å²) < 4.78 is 0. The number of hydrogen-bond donors (Lipinski definition) is 4. The third kappa shape index (κ3) is 11.7. The Balaban J connectivity index is 0. The fraction of sp³-hybridized carbons (Fsp3) is 0.529. The molecule has 0 fully saturated rings. The highest BCUT2D eigenvalue weighted by Gasteiger charge is 2.36. The number of pyridine rings is 1. The summed E-state index contributed by atoms with van der Waals surface area (Å²) in [5, 5.41) is 27.9. The molecular formula is C17H28N2O7. The fourth-order valence-electron chi connectivity index (χ4n) is 2.38. The van der Waals surface area contributed by atoms with Crippen LogP contribution in [-0.2, 0) is 0 Å². The molecule has 0 unspecified atom stereocenters. The first-order chi connectivity index (χ1) is 11.5. The van der Waals surface area contributed by atoms with Crippen LogP contribution in [0, 0.1) is 6.92 Å². The number of rotatable bonds is 1. The number of carboxylic acid groups (broad SMARTS) is 4. The van der Waals surface area contributed by atoms with Crippen LogP contribution in [-0.4, -0.2) is 59.6 Å². The summed E-state index contributed by atoms with van der Waals surface area (Å²) in [4.78, 5) is 35.9. The number of carbonyl (C=O) groups is 3. The first-order valence-electron chi connectivity index (χ1n) is 7.61. The average Bonchev–Trinajstić information content (AvgIpc) is 2.33. The van der Waals surface area contributed by atoms with E-state index in [9.17, 15) is 4.79 Å². The largest absolute Gasteiger partial charge is 0.503 e. The number of amides is 1. The fourth-order valence-corrected chi connectivity index (χ4v) is 2.38. The van der Waals surface area contributed by atoms with Gasteiger partial charge in [-0.15, -0.1) is 0 Å². The molecule has 0 aliphatic rings. The lowest BCUT2D eigenvalue weighted by Gasteiger charge is -2.45. The zero-order valence-electron chi connectivity index (χ0n) is 16.1. The molecule has 1 rings (SSSR count). The summed E-state index contributed by atoms with van der Waals surface area (Å²) in [5.41, 5.74) is 1.09. The lowest BCUT2D eigenvalue weighted by molar-refractivity contribution is 0.0264. The normalized spacial score (nSPS) is 10.4. The topological polar surface area (TPSA) is 148 Å². The van der Waals surface area contributed by atoms with Crippen LogP contribution in [0.1, 0.15) is 57.6 Å². The molecule has 0 aliphatic carbocycles. The highest BCUT2D eigenvalue weighted by atomic mass is 16.6. The van der Waals surface area contributed by atoms with Gasteiger partial charge >= 0.3 is 12.3 Å². The quantitative estimate of drug-likeness (QED) is 0.580. The minimum absolute atomic E-state index is 0.0151. The van der Waals surface area contributed by atoms with Crippen LogP contribution < -0.4 is 0 Å². The molecule has 1 amide bonds. The highest BCUT2D eigenvalue weighted by molar-refractivity contribution is 5.93. The summed E-state index contributed by atoms with van der Waals surface area (Å²) in [6.45, 7) is 14.3. The second-order valence-corrected chi connectivity index (χ2v) is 7.27. The molecule has 0 aliphatic heterocycles. The van der Waals surface area contributed by atoms with E-state index in [0.29, 0.717) is 5.69 Å². The van der Waals surface area contributed by atoms with Gasteiger partial charge in [0.05, 0.1) is 0 Å². The van der Waals surface area contributed by atoms with Gasteiger partial charge in [-0.25, -0.2) is 9.59 Å². The summed E-state index contributed by atoms with van der Waals surface area (Å²) in [5.74, 6) is -0.0151. The van der Waals surface area contributed by atoms with Crippen molar-refractivity contribution in [1.82, 2.24) is 9.88 Å². The van der Waals surface area contributed by atoms with Crippen molar-refractivity contribution in [1.29, 1.82) is 0 Å². The molecular weight excluding hydrogens is 344 g/mol. The molecule has 0 radical (unpaired) electrons. The molecule has 9 nitrogen and oxygen atoms in total. The predicted octanol–water partition coefficient (Wildman–Crippen LogP) is 3.87. The van der Waals surface area contributed by atoms with E-state index >= 15 is 0 Å². The molecule has 1 heterocycles. The van der Waals surface area contributed by atoms with Crippen molar-refractivity contribution in [3.8, 4) is 0 Å². The minimum Gasteiger partial charge on any atom is -0.450 e. The van der Waals surface area contributed by atoms with E-state index in [1.54, 1.807) is 6.20 Å². The van der Waals surface area contributed by atoms with Crippen molar-refractivity contribution in [2.24, 2.45) is 0 Å². The zero-order chi connectivity index (χ0) is 21.3. The number of aromatic nitrogens is 1. The Morgan fingerprint density at radius 3 is 1.50 bits per heavy atom. The number of carbonyl (C=O) groups excluding carboxylic acids is 1. The van der Waals surface area contributed by atoms with Crippen LogP contribution in [0.3, 0.4) is 0 Å². The van der Waals surface area contributed by atoms with Crippen molar-refractivity contribution in [3.05, 3.63) is 29.6 Å². The minimum atomic E-state index is -1.83. The van der Waals surface area contributed by atoms with E-state index in [4.69, 9.17) is 30.0 Å². The summed E-state index contributed by atoms with van der Waals surface area (Å²) in [6, 6.07) is 3.74. The molecule has 148 valence electrons. The summed E-state index contributed by atoms with van der Waals surface area (Å²) in [7, 11) is 0. The van der Waals surface area contributed by atoms with E-state index in [2.05, 4.69) is 4.98 Å². The van der Waals surface area contributed by atoms with Crippen molar-refractivity contribution in [2.45, 2.75) is 59.5 Å². The van der Waals surface area contributed by atoms with Gasteiger partial charge in [0, 0.05) is 17.3 Å². The molecule has 9 heteroatoms. The molecule has 0 spiro atoms. The van der Waals surface area contributed by atoms with Crippen LogP contribution in [0.15, 0.2) is 18.3 Å². The maximum Gasteiger partial charge on any atom is 0.503 e. The van der Waals surface area contributed by atoms with Crippen LogP contribution in [0.5, 0.6) is 0 Å². The number of hydrogen-bond acceptors (Lipinski definition) is 4. The van der Waals surface area contributed by atoms with E-state index in [0.717, 1.165) is 5.56 Å². The number of aryl methyl sites for hydroxylation is 1. The second-order valence-electron chi connectivity index (χ2n) is 7.27. The lowest BCUT2D eigenvalue weighted by atomic mass is 9.95. The first kappa shape index (κ1) is 25.4. The monoisotopic (exact) mass is 372 g/mol. The summed E-state index contributed by atoms with van der Waals surface area (Å²) >= 11 is 0. The SMILES string of the molecule is Cc1ccnc(C(=O)N(C(C)(C)C)C(C)(C)C)c1.O=C(O)O.O=C(O)O. The molecule has 4 N–H and O–H groups in total. The standard InChI is InChI=1S/C15H24N2O.2CH2O3/c1-11-8-9-16-12(10-11)13(18)17(14(2,3)4)15(5,6)7;2*2-1(3)4/h8-10H,1-7H3;2*(H2,2,3,4). The Morgan fingerprint density at radius 2 is 1.23 bits per heavy atom.